The van der Waals surface area contributed by atoms with E-state index in [0.717, 1.165) is 32.5 Å². The SMILES string of the molecule is CNCC1CCN(C(=O)c2cnn(-c3ccc([N+](=O)[O-])cc3)c2)CC1.Cl. The van der Waals surface area contributed by atoms with Gasteiger partial charge in [-0.1, -0.05) is 0 Å². The van der Waals surface area contributed by atoms with Crippen molar-refractivity contribution in [1.82, 2.24) is 20.0 Å². The van der Waals surface area contributed by atoms with Crippen LogP contribution in [-0.4, -0.2) is 52.2 Å². The van der Waals surface area contributed by atoms with Gasteiger partial charge in [-0.05, 0) is 44.5 Å². The lowest BCUT2D eigenvalue weighted by atomic mass is 9.96. The summed E-state index contributed by atoms with van der Waals surface area (Å²) in [6, 6.07) is 6.07. The van der Waals surface area contributed by atoms with Crippen LogP contribution < -0.4 is 5.32 Å². The van der Waals surface area contributed by atoms with Crippen LogP contribution in [0.2, 0.25) is 0 Å². The Morgan fingerprint density at radius 2 is 1.96 bits per heavy atom. The lowest BCUT2D eigenvalue weighted by molar-refractivity contribution is -0.384. The molecule has 1 aromatic heterocycles. The first-order chi connectivity index (χ1) is 12.1. The van der Waals surface area contributed by atoms with E-state index >= 15 is 0 Å². The zero-order valence-electron chi connectivity index (χ0n) is 14.5. The van der Waals surface area contributed by atoms with Gasteiger partial charge in [0.2, 0.25) is 0 Å². The summed E-state index contributed by atoms with van der Waals surface area (Å²) >= 11 is 0. The van der Waals surface area contributed by atoms with E-state index < -0.39 is 4.92 Å². The van der Waals surface area contributed by atoms with Crippen molar-refractivity contribution in [2.24, 2.45) is 5.92 Å². The number of carbonyl (C=O) groups excluding carboxylic acids is 1. The molecule has 1 N–H and O–H groups in total. The third-order valence-corrected chi connectivity index (χ3v) is 4.55. The molecule has 1 aliphatic heterocycles. The predicted molar refractivity (Wildman–Crippen MR) is 100 cm³/mol. The molecule has 0 spiro atoms. The van der Waals surface area contributed by atoms with Crippen molar-refractivity contribution < 1.29 is 9.72 Å². The van der Waals surface area contributed by atoms with E-state index in [4.69, 9.17) is 0 Å². The van der Waals surface area contributed by atoms with Crippen LogP contribution in [0.3, 0.4) is 0 Å². The molecular formula is C17H22ClN5O3. The first-order valence-electron chi connectivity index (χ1n) is 8.32. The minimum absolute atomic E-state index is 0. The largest absolute Gasteiger partial charge is 0.339 e. The average molecular weight is 380 g/mol. The Hall–Kier alpha value is -2.45. The number of piperidine rings is 1. The second kappa shape index (κ2) is 8.77. The van der Waals surface area contributed by atoms with Crippen molar-refractivity contribution in [3.63, 3.8) is 0 Å². The number of nitrogens with one attached hydrogen (secondary N) is 1. The standard InChI is InChI=1S/C17H21N5O3.ClH/c1-18-10-13-6-8-20(9-7-13)17(23)14-11-19-21(12-14)15-2-4-16(5-3-15)22(24)25;/h2-5,11-13,18H,6-10H2,1H3;1H. The van der Waals surface area contributed by atoms with Crippen LogP contribution in [0.25, 0.3) is 5.69 Å². The van der Waals surface area contributed by atoms with Crippen LogP contribution in [0.5, 0.6) is 0 Å². The van der Waals surface area contributed by atoms with Gasteiger partial charge in [-0.3, -0.25) is 14.9 Å². The highest BCUT2D eigenvalue weighted by Gasteiger charge is 2.24. The zero-order valence-corrected chi connectivity index (χ0v) is 15.3. The van der Waals surface area contributed by atoms with Gasteiger partial charge in [-0.25, -0.2) is 4.68 Å². The van der Waals surface area contributed by atoms with Crippen molar-refractivity contribution in [1.29, 1.82) is 0 Å². The molecule has 1 aliphatic rings. The summed E-state index contributed by atoms with van der Waals surface area (Å²) in [5, 5.41) is 18.1. The molecule has 8 nitrogen and oxygen atoms in total. The van der Waals surface area contributed by atoms with Crippen LogP contribution in [-0.2, 0) is 0 Å². The number of likely N-dealkylation sites (tertiary alicyclic amines) is 1. The first kappa shape index (κ1) is 19.9. The van der Waals surface area contributed by atoms with E-state index in [-0.39, 0.29) is 24.0 Å². The van der Waals surface area contributed by atoms with Gasteiger partial charge in [0.25, 0.3) is 11.6 Å². The topological polar surface area (TPSA) is 93.3 Å². The lowest BCUT2D eigenvalue weighted by Gasteiger charge is -2.31. The number of hydrogen-bond acceptors (Lipinski definition) is 5. The molecule has 1 aromatic carbocycles. The zero-order chi connectivity index (χ0) is 17.8. The number of nitrogens with zero attached hydrogens (tertiary/aromatic N) is 4. The molecule has 9 heteroatoms. The van der Waals surface area contributed by atoms with Crippen molar-refractivity contribution in [2.45, 2.75) is 12.8 Å². The van der Waals surface area contributed by atoms with E-state index in [1.165, 1.54) is 12.1 Å². The maximum Gasteiger partial charge on any atom is 0.269 e. The first-order valence-corrected chi connectivity index (χ1v) is 8.32. The molecule has 0 radical (unpaired) electrons. The Morgan fingerprint density at radius 1 is 1.31 bits per heavy atom. The summed E-state index contributed by atoms with van der Waals surface area (Å²) in [7, 11) is 1.95. The van der Waals surface area contributed by atoms with Gasteiger partial charge in [-0.15, -0.1) is 12.4 Å². The van der Waals surface area contributed by atoms with Crippen molar-refractivity contribution in [2.75, 3.05) is 26.7 Å². The molecule has 0 aliphatic carbocycles. The number of non-ortho nitro benzene ring substituents is 1. The highest BCUT2D eigenvalue weighted by Crippen LogP contribution is 2.19. The van der Waals surface area contributed by atoms with Gasteiger partial charge in [0.1, 0.15) is 0 Å². The van der Waals surface area contributed by atoms with Crippen LogP contribution >= 0.6 is 12.4 Å². The summed E-state index contributed by atoms with van der Waals surface area (Å²) in [6.07, 6.45) is 5.22. The minimum atomic E-state index is -0.445. The highest BCUT2D eigenvalue weighted by atomic mass is 35.5. The van der Waals surface area contributed by atoms with E-state index in [1.807, 2.05) is 11.9 Å². The number of benzene rings is 1. The van der Waals surface area contributed by atoms with E-state index in [1.54, 1.807) is 29.2 Å². The van der Waals surface area contributed by atoms with Gasteiger partial charge in [0.15, 0.2) is 0 Å². The second-order valence-corrected chi connectivity index (χ2v) is 6.24. The Balaban J connectivity index is 0.00000243. The number of rotatable bonds is 5. The van der Waals surface area contributed by atoms with Crippen LogP contribution in [0.1, 0.15) is 23.2 Å². The summed E-state index contributed by atoms with van der Waals surface area (Å²) in [5.74, 6) is 0.605. The fourth-order valence-corrected chi connectivity index (χ4v) is 3.11. The van der Waals surface area contributed by atoms with Crippen LogP contribution in [0, 0.1) is 16.0 Å². The smallest absolute Gasteiger partial charge is 0.269 e. The quantitative estimate of drug-likeness (QED) is 0.635. The number of amides is 1. The van der Waals surface area contributed by atoms with Crippen molar-refractivity contribution >= 4 is 24.0 Å². The molecule has 0 atom stereocenters. The van der Waals surface area contributed by atoms with E-state index in [0.29, 0.717) is 17.2 Å². The maximum absolute atomic E-state index is 12.6. The molecule has 140 valence electrons. The number of halogens is 1. The number of aromatic nitrogens is 2. The molecular weight excluding hydrogens is 358 g/mol. The predicted octanol–water partition coefficient (Wildman–Crippen LogP) is 2.27. The number of nitro groups is 1. The van der Waals surface area contributed by atoms with Crippen molar-refractivity contribution in [3.8, 4) is 5.69 Å². The summed E-state index contributed by atoms with van der Waals surface area (Å²) in [4.78, 5) is 24.7. The Labute approximate surface area is 157 Å². The third-order valence-electron chi connectivity index (χ3n) is 4.55. The number of carbonyl (C=O) groups is 1. The van der Waals surface area contributed by atoms with Gasteiger partial charge < -0.3 is 10.2 Å². The lowest BCUT2D eigenvalue weighted by Crippen LogP contribution is -2.40. The fourth-order valence-electron chi connectivity index (χ4n) is 3.11. The molecule has 2 heterocycles. The Morgan fingerprint density at radius 3 is 2.54 bits per heavy atom. The van der Waals surface area contributed by atoms with Crippen LogP contribution in [0.15, 0.2) is 36.7 Å². The number of nitro benzene ring substituents is 1. The third kappa shape index (κ3) is 4.39. The summed E-state index contributed by atoms with van der Waals surface area (Å²) < 4.78 is 1.56. The Bertz CT molecular complexity index is 754. The number of hydrogen-bond donors (Lipinski definition) is 1. The Kier molecular flexibility index (Phi) is 6.70. The van der Waals surface area contributed by atoms with Crippen LogP contribution in [0.4, 0.5) is 5.69 Å². The van der Waals surface area contributed by atoms with Gasteiger partial charge in [0, 0.05) is 31.4 Å². The molecule has 2 aromatic rings. The molecule has 0 bridgehead atoms. The monoisotopic (exact) mass is 379 g/mol. The second-order valence-electron chi connectivity index (χ2n) is 6.24. The molecule has 1 fully saturated rings. The molecule has 1 saturated heterocycles. The molecule has 0 unspecified atom stereocenters. The van der Waals surface area contributed by atoms with Gasteiger partial charge in [-0.2, -0.15) is 5.10 Å². The minimum Gasteiger partial charge on any atom is -0.339 e. The van der Waals surface area contributed by atoms with Crippen molar-refractivity contribution in [3.05, 3.63) is 52.3 Å². The highest BCUT2D eigenvalue weighted by molar-refractivity contribution is 5.93. The summed E-state index contributed by atoms with van der Waals surface area (Å²) in [5.41, 5.74) is 1.24. The van der Waals surface area contributed by atoms with Gasteiger partial charge in [0.05, 0.1) is 22.4 Å². The molecule has 0 saturated carbocycles. The maximum atomic E-state index is 12.6. The average Bonchev–Trinajstić information content (AvgIpc) is 3.12. The summed E-state index contributed by atoms with van der Waals surface area (Å²) in [6.45, 7) is 2.50. The normalized spacial score (nSPS) is 14.7. The van der Waals surface area contributed by atoms with Gasteiger partial charge >= 0.3 is 0 Å². The molecule has 26 heavy (non-hydrogen) atoms. The van der Waals surface area contributed by atoms with E-state index in [2.05, 4.69) is 10.4 Å². The fraction of sp³-hybridized carbons (Fsp3) is 0.412. The molecule has 1 amide bonds. The van der Waals surface area contributed by atoms with E-state index in [9.17, 15) is 14.9 Å². The molecule has 3 rings (SSSR count).